The van der Waals surface area contributed by atoms with Gasteiger partial charge in [-0.2, -0.15) is 11.6 Å². The van der Waals surface area contributed by atoms with Crippen LogP contribution >= 0.6 is 0 Å². The summed E-state index contributed by atoms with van der Waals surface area (Å²) in [4.78, 5) is 0. The smallest absolute Gasteiger partial charge is 1.00 e. The van der Waals surface area contributed by atoms with Gasteiger partial charge in [0.05, 0.1) is 0 Å². The molecule has 0 amide bonds. The Labute approximate surface area is 347 Å². The van der Waals surface area contributed by atoms with Crippen molar-refractivity contribution >= 4 is 35.9 Å². The van der Waals surface area contributed by atoms with Crippen LogP contribution in [0.25, 0.3) is 32.7 Å². The molecule has 0 radical (unpaired) electrons. The molecule has 0 saturated heterocycles. The first-order valence-electron chi connectivity index (χ1n) is 18.5. The van der Waals surface area contributed by atoms with E-state index in [4.69, 9.17) is 0 Å². The van der Waals surface area contributed by atoms with Gasteiger partial charge in [0.1, 0.15) is 0 Å². The molecule has 5 aromatic carbocycles. The Morgan fingerprint density at radius 3 is 1.38 bits per heavy atom. The van der Waals surface area contributed by atoms with E-state index >= 15 is 0 Å². The van der Waals surface area contributed by atoms with Gasteiger partial charge in [-0.1, -0.05) is 102 Å². The number of fused-ring (bicyclic) bond motifs is 5. The van der Waals surface area contributed by atoms with Crippen LogP contribution in [0.4, 0.5) is 0 Å². The van der Waals surface area contributed by atoms with Gasteiger partial charge in [0, 0.05) is 10.8 Å². The van der Waals surface area contributed by atoms with Crippen molar-refractivity contribution in [2.75, 3.05) is 0 Å². The summed E-state index contributed by atoms with van der Waals surface area (Å²) in [7, 11) is 0. The molecule has 0 fully saturated rings. The third-order valence-electron chi connectivity index (χ3n) is 10.9. The summed E-state index contributed by atoms with van der Waals surface area (Å²) in [6.45, 7) is 26.9. The van der Waals surface area contributed by atoms with Crippen molar-refractivity contribution in [1.29, 1.82) is 0 Å². The largest absolute Gasteiger partial charge is 1.00 e. The van der Waals surface area contributed by atoms with E-state index in [0.717, 1.165) is 0 Å². The first kappa shape index (κ1) is 42.8. The van der Waals surface area contributed by atoms with Crippen LogP contribution in [0.3, 0.4) is 0 Å². The van der Waals surface area contributed by atoms with Gasteiger partial charge in [-0.3, -0.25) is 6.08 Å². The number of rotatable bonds is 2. The Balaban J connectivity index is 0.000000194. The zero-order valence-electron chi connectivity index (χ0n) is 33.6. The second-order valence-electron chi connectivity index (χ2n) is 17.3. The molecule has 274 valence electrons. The number of allylic oxidation sites excluding steroid dienone is 8. The van der Waals surface area contributed by atoms with E-state index in [1.807, 2.05) is 0 Å². The summed E-state index contributed by atoms with van der Waals surface area (Å²) in [6.07, 6.45) is 12.5. The van der Waals surface area contributed by atoms with Crippen LogP contribution in [0.2, 0.25) is 0 Å². The van der Waals surface area contributed by atoms with Gasteiger partial charge >= 0.3 is 112 Å². The first-order valence-corrected chi connectivity index (χ1v) is 19.7. The van der Waals surface area contributed by atoms with Gasteiger partial charge in [-0.25, -0.2) is 6.08 Å². The standard InChI is InChI=1S/C25H25.C15H14.C10H15.2ClH.Zr/c1-14-12-24(3,4)22-8-16-7-17-9-23-19(15(2)13-25(23,5)6)11-21(17)20(16)10-18(14)22;1-12-3-7-14(8-4-12)11-15-9-5-13(2)6-10-15;1-8-5-6-9(7-8)10(2,3)4;;;/h7-13H,1-6H3;3-10H,1-2H3;6-8H,1-4H3;2*1H;/q-1;;-1;;;+2/p-2. The van der Waals surface area contributed by atoms with E-state index in [1.54, 1.807) is 0 Å². The molecule has 3 aliphatic carbocycles. The molecule has 3 heteroatoms. The maximum absolute atomic E-state index is 3.26. The summed E-state index contributed by atoms with van der Waals surface area (Å²) >= 11 is 1.46. The van der Waals surface area contributed by atoms with E-state index in [0.29, 0.717) is 11.3 Å². The van der Waals surface area contributed by atoms with Crippen molar-refractivity contribution in [3.63, 3.8) is 0 Å². The minimum atomic E-state index is 0. The van der Waals surface area contributed by atoms with Crippen molar-refractivity contribution in [2.45, 2.75) is 93.9 Å². The van der Waals surface area contributed by atoms with Crippen LogP contribution in [0.5, 0.6) is 0 Å². The van der Waals surface area contributed by atoms with E-state index in [9.17, 15) is 0 Å². The average molecular weight is 817 g/mol. The molecule has 0 saturated carbocycles. The Morgan fingerprint density at radius 1 is 0.660 bits per heavy atom. The molecule has 0 aliphatic heterocycles. The molecule has 8 rings (SSSR count). The summed E-state index contributed by atoms with van der Waals surface area (Å²) in [5, 5.41) is 5.57. The molecule has 53 heavy (non-hydrogen) atoms. The molecule has 0 nitrogen and oxygen atoms in total. The second-order valence-corrected chi connectivity index (χ2v) is 18.5. The van der Waals surface area contributed by atoms with Gasteiger partial charge in [0.2, 0.25) is 0 Å². The van der Waals surface area contributed by atoms with E-state index in [1.165, 1.54) is 110 Å². The molecule has 1 unspecified atom stereocenters. The second kappa shape index (κ2) is 16.0. The fourth-order valence-corrected chi connectivity index (χ4v) is 8.70. The van der Waals surface area contributed by atoms with Gasteiger partial charge in [0.25, 0.3) is 0 Å². The topological polar surface area (TPSA) is 0 Å². The predicted molar refractivity (Wildman–Crippen MR) is 220 cm³/mol. The maximum atomic E-state index is 3.26. The number of hydrogen-bond acceptors (Lipinski definition) is 0. The Hall–Kier alpha value is -2.96. The van der Waals surface area contributed by atoms with Gasteiger partial charge in [-0.05, 0) is 36.1 Å². The SMILES string of the molecule is CC1=CC(C)(C)c2cc3[cH-]c4cc5c(cc4c3cc21)C(C)=CC5(C)C.CC1[C-]=CC(C(C)(C)C)=C1.Cc1ccc([C](=[Zr+2])c2ccc(C)cc2)cc1.[Cl-].[Cl-]. The minimum Gasteiger partial charge on any atom is -1.00 e. The average Bonchev–Trinajstić information content (AvgIpc) is 3.77. The first-order chi connectivity index (χ1) is 23.8. The van der Waals surface area contributed by atoms with Gasteiger partial charge in [-0.15, -0.1) is 39.7 Å². The van der Waals surface area contributed by atoms with Crippen LogP contribution in [0.15, 0.2) is 109 Å². The molecule has 1 atom stereocenters. The number of halogens is 2. The number of hydrogen-bond donors (Lipinski definition) is 0. The molecule has 3 aliphatic rings. The van der Waals surface area contributed by atoms with Crippen LogP contribution in [0, 0.1) is 31.3 Å². The fourth-order valence-electron chi connectivity index (χ4n) is 7.88. The molecular formula is C50H54Cl2Zr-2. The molecular weight excluding hydrogens is 763 g/mol. The fraction of sp³-hybridized carbons (Fsp3) is 0.320. The monoisotopic (exact) mass is 814 g/mol. The van der Waals surface area contributed by atoms with Gasteiger partial charge < -0.3 is 24.8 Å². The summed E-state index contributed by atoms with van der Waals surface area (Å²) in [5.41, 5.74) is 15.9. The Kier molecular flexibility index (Phi) is 12.9. The maximum Gasteiger partial charge on any atom is -1.00 e. The Morgan fingerprint density at radius 2 is 1.06 bits per heavy atom. The Bertz CT molecular complexity index is 2140. The van der Waals surface area contributed by atoms with Crippen LogP contribution in [0.1, 0.15) is 114 Å². The molecule has 0 aromatic heterocycles. The number of benzene rings is 4. The van der Waals surface area contributed by atoms with Crippen molar-refractivity contribution < 1.29 is 49.0 Å². The van der Waals surface area contributed by atoms with E-state index < -0.39 is 0 Å². The van der Waals surface area contributed by atoms with E-state index in [2.05, 4.69) is 192 Å². The normalized spacial score (nSPS) is 17.2. The van der Waals surface area contributed by atoms with Crippen LogP contribution in [-0.4, -0.2) is 3.21 Å². The zero-order valence-corrected chi connectivity index (χ0v) is 37.6. The van der Waals surface area contributed by atoms with Crippen molar-refractivity contribution in [2.24, 2.45) is 11.3 Å². The van der Waals surface area contributed by atoms with Gasteiger partial charge in [0.15, 0.2) is 0 Å². The molecule has 0 N–H and O–H groups in total. The number of aryl methyl sites for hydroxylation is 2. The third-order valence-corrected chi connectivity index (χ3v) is 12.3. The third kappa shape index (κ3) is 8.96. The summed E-state index contributed by atoms with van der Waals surface area (Å²) in [5.74, 6) is 0.522. The summed E-state index contributed by atoms with van der Waals surface area (Å²) in [6, 6.07) is 29.6. The summed E-state index contributed by atoms with van der Waals surface area (Å²) < 4.78 is 1.42. The molecule has 5 aromatic rings. The predicted octanol–water partition coefficient (Wildman–Crippen LogP) is 7.50. The zero-order chi connectivity index (χ0) is 37.0. The van der Waals surface area contributed by atoms with E-state index in [-0.39, 0.29) is 35.6 Å². The molecule has 0 heterocycles. The van der Waals surface area contributed by atoms with Crippen molar-refractivity contribution in [1.82, 2.24) is 0 Å². The molecule has 0 spiro atoms. The quantitative estimate of drug-likeness (QED) is 0.162. The van der Waals surface area contributed by atoms with Crippen LogP contribution in [-0.2, 0) is 35.1 Å². The van der Waals surface area contributed by atoms with Crippen molar-refractivity contribution in [3.8, 4) is 0 Å². The van der Waals surface area contributed by atoms with Crippen molar-refractivity contribution in [3.05, 3.63) is 159 Å². The molecule has 0 bridgehead atoms. The van der Waals surface area contributed by atoms with Crippen LogP contribution < -0.4 is 24.8 Å². The minimum absolute atomic E-state index is 0.